The van der Waals surface area contributed by atoms with Gasteiger partial charge < -0.3 is 5.32 Å². The first-order chi connectivity index (χ1) is 9.09. The van der Waals surface area contributed by atoms with E-state index in [1.165, 1.54) is 6.07 Å². The van der Waals surface area contributed by atoms with E-state index in [2.05, 4.69) is 10.4 Å². The summed E-state index contributed by atoms with van der Waals surface area (Å²) in [6.07, 6.45) is 0.654. The maximum atomic E-state index is 13.4. The van der Waals surface area contributed by atoms with Crippen molar-refractivity contribution in [2.45, 2.75) is 19.9 Å². The van der Waals surface area contributed by atoms with E-state index in [0.29, 0.717) is 24.5 Å². The van der Waals surface area contributed by atoms with Crippen molar-refractivity contribution >= 4 is 11.6 Å². The molecule has 3 nitrogen and oxygen atoms in total. The zero-order chi connectivity index (χ0) is 13.8. The topological polar surface area (TPSA) is 29.9 Å². The van der Waals surface area contributed by atoms with Crippen LogP contribution in [0.1, 0.15) is 17.0 Å². The number of benzene rings is 1. The highest BCUT2D eigenvalue weighted by Gasteiger charge is 2.10. The molecule has 0 saturated carbocycles. The minimum Gasteiger partial charge on any atom is -0.311 e. The molecule has 0 aliphatic carbocycles. The monoisotopic (exact) mass is 281 g/mol. The van der Waals surface area contributed by atoms with E-state index in [0.717, 1.165) is 17.0 Å². The maximum absolute atomic E-state index is 13.4. The van der Waals surface area contributed by atoms with E-state index in [1.807, 2.05) is 20.0 Å². The van der Waals surface area contributed by atoms with Gasteiger partial charge in [-0.15, -0.1) is 0 Å². The predicted octanol–water partition coefficient (Wildman–Crippen LogP) is 2.85. The third kappa shape index (κ3) is 3.33. The Morgan fingerprint density at radius 2 is 2.11 bits per heavy atom. The highest BCUT2D eigenvalue weighted by molar-refractivity contribution is 6.31. The third-order valence-electron chi connectivity index (χ3n) is 3.08. The Morgan fingerprint density at radius 1 is 1.37 bits per heavy atom. The van der Waals surface area contributed by atoms with Gasteiger partial charge in [-0.25, -0.2) is 4.39 Å². The molecule has 1 aromatic carbocycles. The second-order valence-electron chi connectivity index (χ2n) is 4.49. The van der Waals surface area contributed by atoms with Gasteiger partial charge >= 0.3 is 0 Å². The lowest BCUT2D eigenvalue weighted by Crippen LogP contribution is -2.19. The van der Waals surface area contributed by atoms with E-state index >= 15 is 0 Å². The first-order valence-electron chi connectivity index (χ1n) is 6.21. The van der Waals surface area contributed by atoms with Crippen LogP contribution in [-0.4, -0.2) is 16.3 Å². The number of hydrogen-bond donors (Lipinski definition) is 1. The van der Waals surface area contributed by atoms with Crippen LogP contribution in [0.2, 0.25) is 5.02 Å². The molecule has 0 aliphatic rings. The molecule has 1 heterocycles. The lowest BCUT2D eigenvalue weighted by Gasteiger charge is -2.06. The van der Waals surface area contributed by atoms with Gasteiger partial charge in [-0.3, -0.25) is 4.68 Å². The first-order valence-corrected chi connectivity index (χ1v) is 6.59. The lowest BCUT2D eigenvalue weighted by atomic mass is 10.1. The fraction of sp³-hybridized carbons (Fsp3) is 0.357. The second kappa shape index (κ2) is 6.17. The van der Waals surface area contributed by atoms with Gasteiger partial charge in [-0.2, -0.15) is 5.10 Å². The molecule has 0 fully saturated rings. The van der Waals surface area contributed by atoms with Gasteiger partial charge in [0.15, 0.2) is 0 Å². The average Bonchev–Trinajstić information content (AvgIpc) is 2.62. The SMILES string of the molecule is Cc1nn(C)c(CNCCc2ccccc2F)c1Cl. The molecule has 0 amide bonds. The molecular weight excluding hydrogens is 265 g/mol. The quantitative estimate of drug-likeness (QED) is 0.854. The van der Waals surface area contributed by atoms with Crippen LogP contribution in [-0.2, 0) is 20.0 Å². The van der Waals surface area contributed by atoms with Crippen molar-refractivity contribution in [1.82, 2.24) is 15.1 Å². The Hall–Kier alpha value is -1.39. The van der Waals surface area contributed by atoms with Crippen molar-refractivity contribution in [3.63, 3.8) is 0 Å². The molecule has 0 saturated heterocycles. The van der Waals surface area contributed by atoms with Crippen LogP contribution in [0, 0.1) is 12.7 Å². The van der Waals surface area contributed by atoms with Crippen LogP contribution < -0.4 is 5.32 Å². The second-order valence-corrected chi connectivity index (χ2v) is 4.87. The Morgan fingerprint density at radius 3 is 2.74 bits per heavy atom. The summed E-state index contributed by atoms with van der Waals surface area (Å²) >= 11 is 6.15. The molecule has 0 aliphatic heterocycles. The van der Waals surface area contributed by atoms with Crippen molar-refractivity contribution < 1.29 is 4.39 Å². The van der Waals surface area contributed by atoms with Gasteiger partial charge in [0.05, 0.1) is 16.4 Å². The summed E-state index contributed by atoms with van der Waals surface area (Å²) in [6.45, 7) is 3.21. The Labute approximate surface area is 117 Å². The van der Waals surface area contributed by atoms with E-state index in [9.17, 15) is 4.39 Å². The molecule has 102 valence electrons. The molecule has 0 radical (unpaired) electrons. The first kappa shape index (κ1) is 14.0. The summed E-state index contributed by atoms with van der Waals surface area (Å²) in [5.41, 5.74) is 2.50. The molecule has 0 bridgehead atoms. The zero-order valence-corrected chi connectivity index (χ0v) is 11.8. The van der Waals surface area contributed by atoms with Crippen LogP contribution in [0.4, 0.5) is 4.39 Å². The van der Waals surface area contributed by atoms with Gasteiger partial charge in [0.25, 0.3) is 0 Å². The molecule has 0 atom stereocenters. The summed E-state index contributed by atoms with van der Waals surface area (Å²) < 4.78 is 15.2. The van der Waals surface area contributed by atoms with Gasteiger partial charge in [0.1, 0.15) is 5.82 Å². The number of halogens is 2. The van der Waals surface area contributed by atoms with Crippen molar-refractivity contribution in [2.24, 2.45) is 7.05 Å². The molecule has 0 spiro atoms. The van der Waals surface area contributed by atoms with E-state index in [1.54, 1.807) is 16.8 Å². The molecule has 5 heteroatoms. The van der Waals surface area contributed by atoms with Crippen molar-refractivity contribution in [3.05, 3.63) is 52.1 Å². The number of rotatable bonds is 5. The average molecular weight is 282 g/mol. The number of nitrogens with one attached hydrogen (secondary N) is 1. The molecule has 2 aromatic rings. The highest BCUT2D eigenvalue weighted by Crippen LogP contribution is 2.18. The smallest absolute Gasteiger partial charge is 0.126 e. The molecule has 0 unspecified atom stereocenters. The van der Waals surface area contributed by atoms with Gasteiger partial charge in [0, 0.05) is 13.6 Å². The Bertz CT molecular complexity index is 566. The summed E-state index contributed by atoms with van der Waals surface area (Å²) in [5, 5.41) is 8.20. The molecular formula is C14H17ClFN3. The number of aromatic nitrogens is 2. The van der Waals surface area contributed by atoms with Crippen molar-refractivity contribution in [2.75, 3.05) is 6.54 Å². The number of aryl methyl sites for hydroxylation is 2. The van der Waals surface area contributed by atoms with Crippen LogP contribution in [0.3, 0.4) is 0 Å². The molecule has 1 aromatic heterocycles. The summed E-state index contributed by atoms with van der Waals surface area (Å²) in [6, 6.07) is 6.83. The standard InChI is InChI=1S/C14H17ClFN3/c1-10-14(15)13(19(2)18-10)9-17-8-7-11-5-3-4-6-12(11)16/h3-6,17H,7-9H2,1-2H3. The number of nitrogens with zero attached hydrogens (tertiary/aromatic N) is 2. The maximum Gasteiger partial charge on any atom is 0.126 e. The van der Waals surface area contributed by atoms with Gasteiger partial charge in [-0.1, -0.05) is 29.8 Å². The third-order valence-corrected chi connectivity index (χ3v) is 3.57. The Kier molecular flexibility index (Phi) is 4.56. The van der Waals surface area contributed by atoms with Gasteiger partial charge in [0.2, 0.25) is 0 Å². The molecule has 2 rings (SSSR count). The van der Waals surface area contributed by atoms with Crippen LogP contribution in [0.15, 0.2) is 24.3 Å². The van der Waals surface area contributed by atoms with E-state index in [-0.39, 0.29) is 5.82 Å². The highest BCUT2D eigenvalue weighted by atomic mass is 35.5. The van der Waals surface area contributed by atoms with Gasteiger partial charge in [-0.05, 0) is 31.5 Å². The number of hydrogen-bond acceptors (Lipinski definition) is 2. The predicted molar refractivity (Wildman–Crippen MR) is 74.8 cm³/mol. The van der Waals surface area contributed by atoms with Crippen LogP contribution >= 0.6 is 11.6 Å². The Balaban J connectivity index is 1.86. The van der Waals surface area contributed by atoms with Crippen LogP contribution in [0.25, 0.3) is 0 Å². The minimum atomic E-state index is -0.154. The minimum absolute atomic E-state index is 0.154. The summed E-state index contributed by atoms with van der Waals surface area (Å²) in [7, 11) is 1.87. The zero-order valence-electron chi connectivity index (χ0n) is 11.1. The normalized spacial score (nSPS) is 10.9. The molecule has 1 N–H and O–H groups in total. The molecule has 19 heavy (non-hydrogen) atoms. The van der Waals surface area contributed by atoms with Crippen molar-refractivity contribution in [3.8, 4) is 0 Å². The largest absolute Gasteiger partial charge is 0.311 e. The lowest BCUT2D eigenvalue weighted by molar-refractivity contribution is 0.589. The van der Waals surface area contributed by atoms with Crippen molar-refractivity contribution in [1.29, 1.82) is 0 Å². The fourth-order valence-electron chi connectivity index (χ4n) is 2.00. The van der Waals surface area contributed by atoms with E-state index in [4.69, 9.17) is 11.6 Å². The summed E-state index contributed by atoms with van der Waals surface area (Å²) in [5.74, 6) is -0.154. The summed E-state index contributed by atoms with van der Waals surface area (Å²) in [4.78, 5) is 0. The van der Waals surface area contributed by atoms with E-state index < -0.39 is 0 Å². The fourth-order valence-corrected chi connectivity index (χ4v) is 2.23. The van der Waals surface area contributed by atoms with Crippen LogP contribution in [0.5, 0.6) is 0 Å².